The summed E-state index contributed by atoms with van der Waals surface area (Å²) >= 11 is 0. The van der Waals surface area contributed by atoms with Crippen LogP contribution in [0.3, 0.4) is 0 Å². The molecular formula is C26H23N2O3-. The second-order valence-electron chi connectivity index (χ2n) is 8.60. The van der Waals surface area contributed by atoms with E-state index in [2.05, 4.69) is 10.6 Å². The summed E-state index contributed by atoms with van der Waals surface area (Å²) in [6.07, 6.45) is 0. The number of rotatable bonds is 3. The molecule has 0 saturated carbocycles. The van der Waals surface area contributed by atoms with E-state index in [1.807, 2.05) is 57.2 Å². The van der Waals surface area contributed by atoms with Crippen LogP contribution in [0.5, 0.6) is 5.75 Å². The summed E-state index contributed by atoms with van der Waals surface area (Å²) in [6, 6.07) is 21.4. The summed E-state index contributed by atoms with van der Waals surface area (Å²) in [5.41, 5.74) is 0.783. The number of amides is 2. The third kappa shape index (κ3) is 4.36. The van der Waals surface area contributed by atoms with Crippen LogP contribution in [0, 0.1) is 0 Å². The Kier molecular flexibility index (Phi) is 5.11. The third-order valence-corrected chi connectivity index (χ3v) is 4.97. The molecule has 156 valence electrons. The lowest BCUT2D eigenvalue weighted by atomic mass is 10.0. The fraction of sp³-hybridized carbons (Fsp3) is 0.154. The second-order valence-corrected chi connectivity index (χ2v) is 8.60. The highest BCUT2D eigenvalue weighted by atomic mass is 16.3. The molecule has 0 saturated heterocycles. The Hall–Kier alpha value is -3.86. The van der Waals surface area contributed by atoms with Crippen LogP contribution in [0.4, 0.5) is 5.69 Å². The SMILES string of the molecule is CC(C)(C)NC(=O)c1ccc2cc([O-])c(C(=O)Nc3cccc4ccccc34)cc2c1. The van der Waals surface area contributed by atoms with Gasteiger partial charge in [0, 0.05) is 27.7 Å². The summed E-state index contributed by atoms with van der Waals surface area (Å²) in [5, 5.41) is 21.6. The zero-order valence-corrected chi connectivity index (χ0v) is 17.7. The van der Waals surface area contributed by atoms with E-state index in [1.54, 1.807) is 30.3 Å². The van der Waals surface area contributed by atoms with Crippen molar-refractivity contribution in [3.8, 4) is 5.75 Å². The van der Waals surface area contributed by atoms with Crippen LogP contribution in [0.15, 0.2) is 72.8 Å². The van der Waals surface area contributed by atoms with E-state index in [0.717, 1.165) is 10.8 Å². The molecule has 0 aliphatic carbocycles. The van der Waals surface area contributed by atoms with Gasteiger partial charge in [-0.05, 0) is 61.2 Å². The van der Waals surface area contributed by atoms with Gasteiger partial charge in [-0.3, -0.25) is 9.59 Å². The Labute approximate surface area is 180 Å². The average Bonchev–Trinajstić information content (AvgIpc) is 2.72. The van der Waals surface area contributed by atoms with E-state index in [-0.39, 0.29) is 22.8 Å². The molecule has 31 heavy (non-hydrogen) atoms. The van der Waals surface area contributed by atoms with Crippen LogP contribution in [0.1, 0.15) is 41.5 Å². The van der Waals surface area contributed by atoms with Crippen LogP contribution in [0.25, 0.3) is 21.5 Å². The van der Waals surface area contributed by atoms with Crippen molar-refractivity contribution in [1.29, 1.82) is 0 Å². The maximum atomic E-state index is 12.9. The summed E-state index contributed by atoms with van der Waals surface area (Å²) in [6.45, 7) is 5.72. The monoisotopic (exact) mass is 411 g/mol. The molecule has 5 nitrogen and oxygen atoms in total. The number of fused-ring (bicyclic) bond motifs is 2. The first kappa shape index (κ1) is 20.4. The van der Waals surface area contributed by atoms with Gasteiger partial charge >= 0.3 is 0 Å². The van der Waals surface area contributed by atoms with Crippen LogP contribution in [-0.4, -0.2) is 17.4 Å². The molecule has 4 rings (SSSR count). The molecule has 0 aliphatic rings. The van der Waals surface area contributed by atoms with Gasteiger partial charge in [-0.15, -0.1) is 0 Å². The normalized spacial score (nSPS) is 11.5. The van der Waals surface area contributed by atoms with E-state index in [1.165, 1.54) is 6.07 Å². The lowest BCUT2D eigenvalue weighted by Crippen LogP contribution is -2.40. The Morgan fingerprint density at radius 2 is 1.52 bits per heavy atom. The van der Waals surface area contributed by atoms with Crippen LogP contribution >= 0.6 is 0 Å². The fourth-order valence-electron chi connectivity index (χ4n) is 3.53. The zero-order valence-electron chi connectivity index (χ0n) is 17.7. The van der Waals surface area contributed by atoms with E-state index >= 15 is 0 Å². The van der Waals surface area contributed by atoms with E-state index in [4.69, 9.17) is 0 Å². The van der Waals surface area contributed by atoms with Gasteiger partial charge in [0.1, 0.15) is 0 Å². The molecule has 0 bridgehead atoms. The minimum absolute atomic E-state index is 0.0359. The average molecular weight is 411 g/mol. The predicted molar refractivity (Wildman–Crippen MR) is 123 cm³/mol. The van der Waals surface area contributed by atoms with Crippen LogP contribution < -0.4 is 15.7 Å². The van der Waals surface area contributed by atoms with E-state index in [9.17, 15) is 14.7 Å². The highest BCUT2D eigenvalue weighted by Gasteiger charge is 2.16. The van der Waals surface area contributed by atoms with Crippen LogP contribution in [0.2, 0.25) is 0 Å². The van der Waals surface area contributed by atoms with Crippen molar-refractivity contribution in [3.63, 3.8) is 0 Å². The number of hydrogen-bond acceptors (Lipinski definition) is 3. The summed E-state index contributed by atoms with van der Waals surface area (Å²) in [4.78, 5) is 25.4. The number of benzene rings is 4. The van der Waals surface area contributed by atoms with E-state index in [0.29, 0.717) is 22.0 Å². The zero-order chi connectivity index (χ0) is 22.2. The molecule has 0 fully saturated rings. The molecule has 0 aliphatic heterocycles. The molecule has 4 aromatic rings. The number of anilines is 1. The maximum Gasteiger partial charge on any atom is 0.255 e. The molecule has 0 aromatic heterocycles. The van der Waals surface area contributed by atoms with Gasteiger partial charge < -0.3 is 15.7 Å². The number of carbonyl (C=O) groups is 2. The minimum atomic E-state index is -0.479. The van der Waals surface area contributed by atoms with Gasteiger partial charge in [-0.1, -0.05) is 54.3 Å². The Morgan fingerprint density at radius 3 is 2.29 bits per heavy atom. The fourth-order valence-corrected chi connectivity index (χ4v) is 3.53. The molecule has 4 aromatic carbocycles. The summed E-state index contributed by atoms with van der Waals surface area (Å²) in [7, 11) is 0. The maximum absolute atomic E-state index is 12.9. The molecular weight excluding hydrogens is 388 g/mol. The molecule has 0 heterocycles. The number of nitrogens with one attached hydrogen (secondary N) is 2. The van der Waals surface area contributed by atoms with Gasteiger partial charge in [0.2, 0.25) is 0 Å². The van der Waals surface area contributed by atoms with E-state index < -0.39 is 5.91 Å². The predicted octanol–water partition coefficient (Wildman–Crippen LogP) is 4.85. The molecule has 0 unspecified atom stereocenters. The summed E-state index contributed by atoms with van der Waals surface area (Å²) in [5.74, 6) is -1.05. The largest absolute Gasteiger partial charge is 0.872 e. The standard InChI is InChI=1S/C26H24N2O3/c1-26(2,3)28-24(30)18-12-11-17-15-23(29)21(14-19(17)13-18)25(31)27-22-10-6-8-16-7-4-5-9-20(16)22/h4-15,29H,1-3H3,(H,27,31)(H,28,30)/p-1. The molecule has 0 spiro atoms. The van der Waals surface area contributed by atoms with Gasteiger partial charge in [0.15, 0.2) is 0 Å². The Bertz CT molecular complexity index is 1310. The molecule has 0 radical (unpaired) electrons. The van der Waals surface area contributed by atoms with Crippen LogP contribution in [-0.2, 0) is 0 Å². The number of hydrogen-bond donors (Lipinski definition) is 2. The highest BCUT2D eigenvalue weighted by Crippen LogP contribution is 2.27. The molecule has 2 amide bonds. The van der Waals surface area contributed by atoms with Crippen molar-refractivity contribution in [2.75, 3.05) is 5.32 Å². The summed E-state index contributed by atoms with van der Waals surface area (Å²) < 4.78 is 0. The third-order valence-electron chi connectivity index (χ3n) is 4.97. The molecule has 2 N–H and O–H groups in total. The van der Waals surface area contributed by atoms with Crippen molar-refractivity contribution >= 4 is 39.0 Å². The van der Waals surface area contributed by atoms with Gasteiger partial charge in [-0.25, -0.2) is 0 Å². The lowest BCUT2D eigenvalue weighted by molar-refractivity contribution is -0.268. The topological polar surface area (TPSA) is 81.3 Å². The Balaban J connectivity index is 1.68. The van der Waals surface area contributed by atoms with Crippen molar-refractivity contribution in [2.24, 2.45) is 0 Å². The first-order valence-corrected chi connectivity index (χ1v) is 10.1. The smallest absolute Gasteiger partial charge is 0.255 e. The van der Waals surface area contributed by atoms with Gasteiger partial charge in [0.05, 0.1) is 0 Å². The van der Waals surface area contributed by atoms with Gasteiger partial charge in [-0.2, -0.15) is 0 Å². The van der Waals surface area contributed by atoms with Crippen molar-refractivity contribution in [3.05, 3.63) is 83.9 Å². The molecule has 5 heteroatoms. The minimum Gasteiger partial charge on any atom is -0.872 e. The van der Waals surface area contributed by atoms with Crippen molar-refractivity contribution < 1.29 is 14.7 Å². The first-order chi connectivity index (χ1) is 14.7. The van der Waals surface area contributed by atoms with Crippen molar-refractivity contribution in [1.82, 2.24) is 5.32 Å². The molecule has 0 atom stereocenters. The van der Waals surface area contributed by atoms with Crippen molar-refractivity contribution in [2.45, 2.75) is 26.3 Å². The Morgan fingerprint density at radius 1 is 0.774 bits per heavy atom. The highest BCUT2D eigenvalue weighted by molar-refractivity contribution is 6.12. The van der Waals surface area contributed by atoms with Gasteiger partial charge in [0.25, 0.3) is 11.8 Å². The second kappa shape index (κ2) is 7.76. The lowest BCUT2D eigenvalue weighted by Gasteiger charge is -2.21. The number of carbonyl (C=O) groups excluding carboxylic acids is 2. The first-order valence-electron chi connectivity index (χ1n) is 10.1. The quantitative estimate of drug-likeness (QED) is 0.506.